The molecular formula is C13H14N2O3S. The summed E-state index contributed by atoms with van der Waals surface area (Å²) in [6, 6.07) is 7.05. The van der Waals surface area contributed by atoms with Gasteiger partial charge in [-0.3, -0.25) is 4.79 Å². The molecule has 100 valence electrons. The maximum Gasteiger partial charge on any atom is 0.275 e. The lowest BCUT2D eigenvalue weighted by Crippen LogP contribution is -2.12. The molecule has 0 aliphatic heterocycles. The molecule has 0 saturated heterocycles. The largest absolute Gasteiger partial charge is 0.392 e. The molecule has 6 heteroatoms. The van der Waals surface area contributed by atoms with Crippen LogP contribution in [0.2, 0.25) is 0 Å². The summed E-state index contributed by atoms with van der Waals surface area (Å²) in [4.78, 5) is 16.1. The number of carbonyl (C=O) groups is 1. The Hall–Kier alpha value is -1.76. The SMILES string of the molecule is COCc1nc(C(=O)Nc2cccc(CO)c2)cs1. The van der Waals surface area contributed by atoms with Crippen molar-refractivity contribution in [3.8, 4) is 0 Å². The number of ether oxygens (including phenoxy) is 1. The number of aliphatic hydroxyl groups is 1. The van der Waals surface area contributed by atoms with Crippen molar-refractivity contribution >= 4 is 22.9 Å². The van der Waals surface area contributed by atoms with Gasteiger partial charge >= 0.3 is 0 Å². The summed E-state index contributed by atoms with van der Waals surface area (Å²) in [6.07, 6.45) is 0. The van der Waals surface area contributed by atoms with E-state index in [4.69, 9.17) is 9.84 Å². The quantitative estimate of drug-likeness (QED) is 0.878. The Bertz CT molecular complexity index is 569. The molecule has 0 saturated carbocycles. The molecular weight excluding hydrogens is 264 g/mol. The van der Waals surface area contributed by atoms with Crippen molar-refractivity contribution in [3.05, 3.63) is 45.9 Å². The van der Waals surface area contributed by atoms with Crippen molar-refractivity contribution in [2.45, 2.75) is 13.2 Å². The highest BCUT2D eigenvalue weighted by atomic mass is 32.1. The summed E-state index contributed by atoms with van der Waals surface area (Å²) in [6.45, 7) is 0.344. The first-order chi connectivity index (χ1) is 9.22. The van der Waals surface area contributed by atoms with Crippen molar-refractivity contribution in [2.24, 2.45) is 0 Å². The van der Waals surface area contributed by atoms with Gasteiger partial charge in [0.15, 0.2) is 0 Å². The molecule has 2 aromatic rings. The standard InChI is InChI=1S/C13H14N2O3S/c1-18-7-12-15-11(8-19-12)13(17)14-10-4-2-3-9(5-10)6-16/h2-5,8,16H,6-7H2,1H3,(H,14,17). The second-order valence-corrected chi connectivity index (χ2v) is 4.81. The number of hydrogen-bond acceptors (Lipinski definition) is 5. The molecule has 0 atom stereocenters. The van der Waals surface area contributed by atoms with E-state index >= 15 is 0 Å². The van der Waals surface area contributed by atoms with Crippen LogP contribution in [-0.4, -0.2) is 23.1 Å². The van der Waals surface area contributed by atoms with Gasteiger partial charge in [0, 0.05) is 18.2 Å². The number of aromatic nitrogens is 1. The Balaban J connectivity index is 2.06. The summed E-state index contributed by atoms with van der Waals surface area (Å²) < 4.78 is 4.96. The van der Waals surface area contributed by atoms with E-state index in [-0.39, 0.29) is 12.5 Å². The predicted molar refractivity (Wildman–Crippen MR) is 73.1 cm³/mol. The van der Waals surface area contributed by atoms with Gasteiger partial charge in [0.25, 0.3) is 5.91 Å². The third-order valence-electron chi connectivity index (χ3n) is 2.42. The van der Waals surface area contributed by atoms with Crippen LogP contribution in [0, 0.1) is 0 Å². The average molecular weight is 278 g/mol. The van der Waals surface area contributed by atoms with Crippen LogP contribution in [0.5, 0.6) is 0 Å². The van der Waals surface area contributed by atoms with Gasteiger partial charge in [0.05, 0.1) is 13.2 Å². The molecule has 0 bridgehead atoms. The first-order valence-corrected chi connectivity index (χ1v) is 6.55. The molecule has 0 spiro atoms. The Morgan fingerprint density at radius 3 is 3.11 bits per heavy atom. The van der Waals surface area contributed by atoms with E-state index in [2.05, 4.69) is 10.3 Å². The minimum absolute atomic E-state index is 0.0571. The summed E-state index contributed by atoms with van der Waals surface area (Å²) in [5.74, 6) is -0.270. The Morgan fingerprint density at radius 1 is 1.53 bits per heavy atom. The number of amides is 1. The van der Waals surface area contributed by atoms with E-state index in [1.54, 1.807) is 36.8 Å². The first kappa shape index (κ1) is 13.7. The smallest absolute Gasteiger partial charge is 0.275 e. The maximum absolute atomic E-state index is 12.0. The lowest BCUT2D eigenvalue weighted by molar-refractivity contribution is 0.102. The fourth-order valence-corrected chi connectivity index (χ4v) is 2.29. The van der Waals surface area contributed by atoms with Crippen molar-refractivity contribution in [1.82, 2.24) is 4.98 Å². The Labute approximate surface area is 114 Å². The topological polar surface area (TPSA) is 71.5 Å². The van der Waals surface area contributed by atoms with E-state index in [1.165, 1.54) is 11.3 Å². The van der Waals surface area contributed by atoms with Crippen molar-refractivity contribution in [3.63, 3.8) is 0 Å². The fourth-order valence-electron chi connectivity index (χ4n) is 1.55. The van der Waals surface area contributed by atoms with Crippen LogP contribution in [0.4, 0.5) is 5.69 Å². The number of hydrogen-bond donors (Lipinski definition) is 2. The number of rotatable bonds is 5. The van der Waals surface area contributed by atoms with Crippen molar-refractivity contribution in [1.29, 1.82) is 0 Å². The van der Waals surface area contributed by atoms with Crippen LogP contribution >= 0.6 is 11.3 Å². The third kappa shape index (κ3) is 3.60. The Morgan fingerprint density at radius 2 is 2.37 bits per heavy atom. The monoisotopic (exact) mass is 278 g/mol. The summed E-state index contributed by atoms with van der Waals surface area (Å²) >= 11 is 1.38. The normalized spacial score (nSPS) is 10.4. The number of benzene rings is 1. The zero-order valence-corrected chi connectivity index (χ0v) is 11.2. The third-order valence-corrected chi connectivity index (χ3v) is 3.24. The molecule has 2 rings (SSSR count). The summed E-state index contributed by atoms with van der Waals surface area (Å²) in [7, 11) is 1.58. The minimum atomic E-state index is -0.270. The molecule has 0 aliphatic rings. The lowest BCUT2D eigenvalue weighted by Gasteiger charge is -2.04. The van der Waals surface area contributed by atoms with Crippen LogP contribution < -0.4 is 5.32 Å². The molecule has 2 N–H and O–H groups in total. The van der Waals surface area contributed by atoms with Crippen molar-refractivity contribution < 1.29 is 14.6 Å². The molecule has 1 aromatic heterocycles. The number of anilines is 1. The summed E-state index contributed by atoms with van der Waals surface area (Å²) in [5.41, 5.74) is 1.75. The van der Waals surface area contributed by atoms with Gasteiger partial charge in [-0.25, -0.2) is 4.98 Å². The van der Waals surface area contributed by atoms with E-state index in [9.17, 15) is 4.79 Å². The molecule has 1 aromatic carbocycles. The number of aliphatic hydroxyl groups excluding tert-OH is 1. The van der Waals surface area contributed by atoms with Gasteiger partial charge in [-0.15, -0.1) is 11.3 Å². The highest BCUT2D eigenvalue weighted by Crippen LogP contribution is 2.14. The molecule has 19 heavy (non-hydrogen) atoms. The number of methoxy groups -OCH3 is 1. The molecule has 0 fully saturated rings. The minimum Gasteiger partial charge on any atom is -0.392 e. The first-order valence-electron chi connectivity index (χ1n) is 5.67. The van der Waals surface area contributed by atoms with Gasteiger partial charge < -0.3 is 15.2 Å². The summed E-state index contributed by atoms with van der Waals surface area (Å²) in [5, 5.41) is 14.2. The number of thiazole rings is 1. The van der Waals surface area contributed by atoms with Gasteiger partial charge in [-0.05, 0) is 17.7 Å². The lowest BCUT2D eigenvalue weighted by atomic mass is 10.2. The average Bonchev–Trinajstić information content (AvgIpc) is 2.88. The van der Waals surface area contributed by atoms with E-state index < -0.39 is 0 Å². The van der Waals surface area contributed by atoms with Crippen LogP contribution in [0.1, 0.15) is 21.1 Å². The number of carbonyl (C=O) groups excluding carboxylic acids is 1. The van der Waals surface area contributed by atoms with E-state index in [0.29, 0.717) is 18.0 Å². The van der Waals surface area contributed by atoms with Gasteiger partial charge in [-0.2, -0.15) is 0 Å². The van der Waals surface area contributed by atoms with Crippen LogP contribution in [0.3, 0.4) is 0 Å². The molecule has 5 nitrogen and oxygen atoms in total. The molecule has 1 amide bonds. The van der Waals surface area contributed by atoms with Crippen LogP contribution in [-0.2, 0) is 18.0 Å². The zero-order chi connectivity index (χ0) is 13.7. The fraction of sp³-hybridized carbons (Fsp3) is 0.231. The molecule has 0 aliphatic carbocycles. The second-order valence-electron chi connectivity index (χ2n) is 3.87. The van der Waals surface area contributed by atoms with Gasteiger partial charge in [-0.1, -0.05) is 12.1 Å². The van der Waals surface area contributed by atoms with Gasteiger partial charge in [0.1, 0.15) is 10.7 Å². The highest BCUT2D eigenvalue weighted by Gasteiger charge is 2.11. The van der Waals surface area contributed by atoms with E-state index in [0.717, 1.165) is 10.6 Å². The van der Waals surface area contributed by atoms with Crippen LogP contribution in [0.15, 0.2) is 29.6 Å². The maximum atomic E-state index is 12.0. The number of nitrogens with one attached hydrogen (secondary N) is 1. The van der Waals surface area contributed by atoms with Crippen LogP contribution in [0.25, 0.3) is 0 Å². The predicted octanol–water partition coefficient (Wildman–Crippen LogP) is 2.03. The van der Waals surface area contributed by atoms with Crippen molar-refractivity contribution in [2.75, 3.05) is 12.4 Å². The Kier molecular flexibility index (Phi) is 4.62. The number of nitrogens with zero attached hydrogens (tertiary/aromatic N) is 1. The molecule has 1 heterocycles. The zero-order valence-electron chi connectivity index (χ0n) is 10.4. The van der Waals surface area contributed by atoms with Gasteiger partial charge in [0.2, 0.25) is 0 Å². The molecule has 0 radical (unpaired) electrons. The highest BCUT2D eigenvalue weighted by molar-refractivity contribution is 7.09. The molecule has 0 unspecified atom stereocenters. The van der Waals surface area contributed by atoms with E-state index in [1.807, 2.05) is 0 Å². The second kappa shape index (κ2) is 6.42.